The molecule has 0 aliphatic carbocycles. The summed E-state index contributed by atoms with van der Waals surface area (Å²) in [6, 6.07) is 27.3. The van der Waals surface area contributed by atoms with Crippen LogP contribution in [0.1, 0.15) is 32.7 Å². The van der Waals surface area contributed by atoms with E-state index in [-0.39, 0.29) is 36.5 Å². The number of hydrogen-bond donors (Lipinski definition) is 1. The van der Waals surface area contributed by atoms with Gasteiger partial charge in [-0.2, -0.15) is 11.8 Å². The summed E-state index contributed by atoms with van der Waals surface area (Å²) in [6.07, 6.45) is 0.544. The van der Waals surface area contributed by atoms with E-state index < -0.39 is 0 Å². The minimum Gasteiger partial charge on any atom is -0.461 e. The minimum atomic E-state index is -0.351. The first-order valence-electron chi connectivity index (χ1n) is 10.4. The number of rotatable bonds is 6. The predicted octanol–water partition coefficient (Wildman–Crippen LogP) is 4.75. The summed E-state index contributed by atoms with van der Waals surface area (Å²) in [4.78, 5) is 24.2. The number of ether oxygens (including phenoxy) is 2. The summed E-state index contributed by atoms with van der Waals surface area (Å²) in [7, 11) is 0. The van der Waals surface area contributed by atoms with Gasteiger partial charge < -0.3 is 14.6 Å². The predicted molar refractivity (Wildman–Crippen MR) is 126 cm³/mol. The van der Waals surface area contributed by atoms with Crippen LogP contribution < -0.4 is 0 Å². The monoisotopic (exact) mass is 450 g/mol. The van der Waals surface area contributed by atoms with E-state index in [2.05, 4.69) is 0 Å². The first-order valence-corrected chi connectivity index (χ1v) is 11.5. The van der Waals surface area contributed by atoms with Gasteiger partial charge in [-0.15, -0.1) is 0 Å². The molecule has 1 heterocycles. The molecule has 1 fully saturated rings. The third kappa shape index (κ3) is 7.25. The van der Waals surface area contributed by atoms with Gasteiger partial charge in [0.15, 0.2) is 0 Å². The van der Waals surface area contributed by atoms with Gasteiger partial charge >= 0.3 is 11.9 Å². The molecule has 0 radical (unpaired) electrons. The van der Waals surface area contributed by atoms with Crippen molar-refractivity contribution in [2.45, 2.75) is 24.4 Å². The zero-order valence-electron chi connectivity index (χ0n) is 17.6. The van der Waals surface area contributed by atoms with Crippen molar-refractivity contribution < 1.29 is 24.2 Å². The number of aliphatic hydroxyl groups excluding tert-OH is 1. The number of hydrogen-bond acceptors (Lipinski definition) is 6. The van der Waals surface area contributed by atoms with E-state index in [4.69, 9.17) is 14.6 Å². The van der Waals surface area contributed by atoms with Crippen LogP contribution in [0, 0.1) is 0 Å². The summed E-state index contributed by atoms with van der Waals surface area (Å²) in [5.41, 5.74) is 2.03. The first-order chi connectivity index (χ1) is 15.7. The topological polar surface area (TPSA) is 72.8 Å². The lowest BCUT2D eigenvalue weighted by Gasteiger charge is -2.19. The van der Waals surface area contributed by atoms with Crippen molar-refractivity contribution >= 4 is 23.7 Å². The SMILES string of the molecule is O=C(OC[C@H]1SCC[C@H]1OC(=O)c1ccccc1)c1ccccc1.OCc1ccccc1. The van der Waals surface area contributed by atoms with Crippen LogP contribution in [0.4, 0.5) is 0 Å². The van der Waals surface area contributed by atoms with Crippen molar-refractivity contribution in [3.05, 3.63) is 108 Å². The summed E-state index contributed by atoms with van der Waals surface area (Å²) in [6.45, 7) is 0.381. The van der Waals surface area contributed by atoms with Gasteiger partial charge in [0.05, 0.1) is 23.0 Å². The van der Waals surface area contributed by atoms with Crippen molar-refractivity contribution in [1.29, 1.82) is 0 Å². The molecule has 0 unspecified atom stereocenters. The Morgan fingerprint density at radius 2 is 1.34 bits per heavy atom. The van der Waals surface area contributed by atoms with Crippen molar-refractivity contribution in [2.75, 3.05) is 12.4 Å². The first kappa shape index (κ1) is 23.6. The summed E-state index contributed by atoms with van der Waals surface area (Å²) in [5, 5.41) is 8.51. The number of carbonyl (C=O) groups is 2. The zero-order valence-corrected chi connectivity index (χ0v) is 18.4. The fourth-order valence-electron chi connectivity index (χ4n) is 3.10. The van der Waals surface area contributed by atoms with E-state index in [1.54, 1.807) is 60.3 Å². The Balaban J connectivity index is 0.000000305. The highest BCUT2D eigenvalue weighted by Crippen LogP contribution is 2.30. The second-order valence-corrected chi connectivity index (χ2v) is 8.46. The maximum Gasteiger partial charge on any atom is 0.338 e. The molecule has 0 spiro atoms. The molecule has 4 rings (SSSR count). The average molecular weight is 451 g/mol. The third-order valence-corrected chi connectivity index (χ3v) is 6.17. The van der Waals surface area contributed by atoms with Crippen LogP contribution >= 0.6 is 11.8 Å². The molecule has 1 aliphatic rings. The maximum absolute atomic E-state index is 12.2. The Labute approximate surface area is 192 Å². The number of aliphatic hydroxyl groups is 1. The van der Waals surface area contributed by atoms with Crippen LogP contribution in [-0.4, -0.2) is 40.8 Å². The van der Waals surface area contributed by atoms with Gasteiger partial charge in [-0.3, -0.25) is 0 Å². The highest BCUT2D eigenvalue weighted by Gasteiger charge is 2.32. The fourth-order valence-corrected chi connectivity index (χ4v) is 4.34. The van der Waals surface area contributed by atoms with Gasteiger partial charge in [-0.05, 0) is 42.0 Å². The second-order valence-electron chi connectivity index (χ2n) is 7.12. The van der Waals surface area contributed by atoms with Gasteiger partial charge in [-0.1, -0.05) is 66.7 Å². The molecule has 0 aromatic heterocycles. The highest BCUT2D eigenvalue weighted by atomic mass is 32.2. The molecule has 0 bridgehead atoms. The standard InChI is InChI=1S/C19H18O4S.C7H8O/c20-18(14-7-3-1-4-8-14)22-13-17-16(11-12-24-17)23-19(21)15-9-5-2-6-10-15;8-6-7-4-2-1-3-5-7/h1-10,16-17H,11-13H2;1-5,8H,6H2/t16-,17-;/m1./s1. The Kier molecular flexibility index (Phi) is 9.35. The van der Waals surface area contributed by atoms with Gasteiger partial charge in [0.2, 0.25) is 0 Å². The van der Waals surface area contributed by atoms with Crippen LogP contribution in [-0.2, 0) is 16.1 Å². The fraction of sp³-hybridized carbons (Fsp3) is 0.231. The number of esters is 2. The summed E-state index contributed by atoms with van der Waals surface area (Å²) < 4.78 is 11.0. The van der Waals surface area contributed by atoms with Crippen molar-refractivity contribution in [1.82, 2.24) is 0 Å². The molecule has 0 amide bonds. The van der Waals surface area contributed by atoms with E-state index in [1.165, 1.54) is 0 Å². The average Bonchev–Trinajstić information content (AvgIpc) is 3.31. The lowest BCUT2D eigenvalue weighted by atomic mass is 10.2. The molecule has 166 valence electrons. The summed E-state index contributed by atoms with van der Waals surface area (Å²) in [5.74, 6) is 0.207. The number of carbonyl (C=O) groups excluding carboxylic acids is 2. The van der Waals surface area contributed by atoms with E-state index in [0.717, 1.165) is 17.7 Å². The van der Waals surface area contributed by atoms with Gasteiger partial charge in [0.25, 0.3) is 0 Å². The van der Waals surface area contributed by atoms with Crippen LogP contribution in [0.25, 0.3) is 0 Å². The Morgan fingerprint density at radius 1 is 0.812 bits per heavy atom. The third-order valence-electron chi connectivity index (χ3n) is 4.83. The highest BCUT2D eigenvalue weighted by molar-refractivity contribution is 8.00. The van der Waals surface area contributed by atoms with Crippen LogP contribution in [0.15, 0.2) is 91.0 Å². The molecule has 6 heteroatoms. The molecule has 3 aromatic rings. The van der Waals surface area contributed by atoms with Crippen molar-refractivity contribution in [3.8, 4) is 0 Å². The largest absolute Gasteiger partial charge is 0.461 e. The van der Waals surface area contributed by atoms with Gasteiger partial charge in [0.1, 0.15) is 12.7 Å². The second kappa shape index (κ2) is 12.7. The quantitative estimate of drug-likeness (QED) is 0.546. The van der Waals surface area contributed by atoms with Gasteiger partial charge in [0, 0.05) is 0 Å². The summed E-state index contributed by atoms with van der Waals surface area (Å²) >= 11 is 1.67. The Morgan fingerprint density at radius 3 is 1.88 bits per heavy atom. The van der Waals surface area contributed by atoms with Crippen LogP contribution in [0.2, 0.25) is 0 Å². The van der Waals surface area contributed by atoms with Gasteiger partial charge in [-0.25, -0.2) is 9.59 Å². The van der Waals surface area contributed by atoms with E-state index >= 15 is 0 Å². The molecule has 32 heavy (non-hydrogen) atoms. The minimum absolute atomic E-state index is 0.0228. The lowest BCUT2D eigenvalue weighted by Crippen LogP contribution is -2.29. The molecule has 1 saturated heterocycles. The van der Waals surface area contributed by atoms with Crippen molar-refractivity contribution in [2.24, 2.45) is 0 Å². The Bertz CT molecular complexity index is 963. The van der Waals surface area contributed by atoms with Crippen LogP contribution in [0.5, 0.6) is 0 Å². The zero-order chi connectivity index (χ0) is 22.6. The molecule has 0 saturated carbocycles. The smallest absolute Gasteiger partial charge is 0.338 e. The maximum atomic E-state index is 12.2. The number of thioether (sulfide) groups is 1. The molecule has 3 aromatic carbocycles. The molecule has 5 nitrogen and oxygen atoms in total. The molecule has 1 N–H and O–H groups in total. The molecular weight excluding hydrogens is 424 g/mol. The Hall–Kier alpha value is -3.09. The number of benzene rings is 3. The van der Waals surface area contributed by atoms with E-state index in [1.807, 2.05) is 42.5 Å². The molecular formula is C26H26O5S. The normalized spacial score (nSPS) is 17.0. The molecule has 2 atom stereocenters. The van der Waals surface area contributed by atoms with Crippen molar-refractivity contribution in [3.63, 3.8) is 0 Å². The lowest BCUT2D eigenvalue weighted by molar-refractivity contribution is 0.0221. The van der Waals surface area contributed by atoms with Crippen LogP contribution in [0.3, 0.4) is 0 Å². The van der Waals surface area contributed by atoms with E-state index in [0.29, 0.717) is 11.1 Å². The molecule has 1 aliphatic heterocycles. The van der Waals surface area contributed by atoms with E-state index in [9.17, 15) is 9.59 Å².